The monoisotopic (exact) mass is 345 g/mol. The van der Waals surface area contributed by atoms with Gasteiger partial charge in [-0.1, -0.05) is 0 Å². The highest BCUT2D eigenvalue weighted by Crippen LogP contribution is 2.32. The van der Waals surface area contributed by atoms with Gasteiger partial charge in [-0.05, 0) is 31.0 Å². The Morgan fingerprint density at radius 2 is 2.04 bits per heavy atom. The number of methoxy groups -OCH3 is 2. The number of nitrogens with zero attached hydrogens (tertiary/aromatic N) is 3. The predicted molar refractivity (Wildman–Crippen MR) is 92.6 cm³/mol. The van der Waals surface area contributed by atoms with E-state index in [0.717, 1.165) is 29.9 Å². The van der Waals surface area contributed by atoms with Crippen molar-refractivity contribution in [3.05, 3.63) is 23.8 Å². The maximum absolute atomic E-state index is 13.0. The first-order valence-corrected chi connectivity index (χ1v) is 8.39. The van der Waals surface area contributed by atoms with E-state index in [1.165, 1.54) is 5.01 Å². The Labute approximate surface area is 147 Å². The van der Waals surface area contributed by atoms with Crippen molar-refractivity contribution >= 4 is 17.5 Å². The maximum Gasteiger partial charge on any atom is 0.270 e. The van der Waals surface area contributed by atoms with Gasteiger partial charge in [0, 0.05) is 31.5 Å². The number of ether oxygens (including phenoxy) is 2. The van der Waals surface area contributed by atoms with E-state index in [-0.39, 0.29) is 17.9 Å². The number of hydrazone groups is 1. The Morgan fingerprint density at radius 1 is 1.28 bits per heavy atom. The van der Waals surface area contributed by atoms with E-state index >= 15 is 0 Å². The van der Waals surface area contributed by atoms with Gasteiger partial charge in [-0.3, -0.25) is 9.59 Å². The summed E-state index contributed by atoms with van der Waals surface area (Å²) in [6.07, 6.45) is 2.68. The topological polar surface area (TPSA) is 71.4 Å². The third-order valence-electron chi connectivity index (χ3n) is 4.53. The van der Waals surface area contributed by atoms with Crippen LogP contribution >= 0.6 is 0 Å². The molecule has 25 heavy (non-hydrogen) atoms. The van der Waals surface area contributed by atoms with Gasteiger partial charge in [-0.15, -0.1) is 0 Å². The molecule has 1 aliphatic heterocycles. The van der Waals surface area contributed by atoms with Crippen LogP contribution in [-0.4, -0.2) is 54.7 Å². The van der Waals surface area contributed by atoms with E-state index in [0.29, 0.717) is 25.1 Å². The molecular formula is C18H23N3O4. The summed E-state index contributed by atoms with van der Waals surface area (Å²) in [5.41, 5.74) is 1.33. The number of hydrogen-bond acceptors (Lipinski definition) is 5. The lowest BCUT2D eigenvalue weighted by Gasteiger charge is -2.26. The Kier molecular flexibility index (Phi) is 4.92. The van der Waals surface area contributed by atoms with Crippen LogP contribution in [-0.2, 0) is 16.1 Å². The molecule has 7 heteroatoms. The molecule has 0 aromatic heterocycles. The largest absolute Gasteiger partial charge is 0.497 e. The molecule has 0 atom stereocenters. The summed E-state index contributed by atoms with van der Waals surface area (Å²) in [6, 6.07) is 5.78. The maximum atomic E-state index is 13.0. The summed E-state index contributed by atoms with van der Waals surface area (Å²) in [4.78, 5) is 26.4. The molecule has 1 aromatic carbocycles. The van der Waals surface area contributed by atoms with E-state index in [2.05, 4.69) is 5.10 Å². The first kappa shape index (κ1) is 17.3. The van der Waals surface area contributed by atoms with Crippen LogP contribution in [0.4, 0.5) is 0 Å². The summed E-state index contributed by atoms with van der Waals surface area (Å²) in [7, 11) is 4.81. The van der Waals surface area contributed by atoms with Gasteiger partial charge in [0.25, 0.3) is 5.91 Å². The second kappa shape index (κ2) is 7.13. The first-order chi connectivity index (χ1) is 12.0. The van der Waals surface area contributed by atoms with Crippen LogP contribution in [0.1, 0.15) is 31.2 Å². The number of carbonyl (C=O) groups is 2. The summed E-state index contributed by atoms with van der Waals surface area (Å²) in [5.74, 6) is 1.27. The molecule has 1 saturated carbocycles. The zero-order valence-electron chi connectivity index (χ0n) is 14.8. The summed E-state index contributed by atoms with van der Waals surface area (Å²) in [5, 5.41) is 5.42. The van der Waals surface area contributed by atoms with Gasteiger partial charge in [0.15, 0.2) is 0 Å². The van der Waals surface area contributed by atoms with E-state index in [9.17, 15) is 9.59 Å². The molecule has 0 N–H and O–H groups in total. The molecule has 0 bridgehead atoms. The molecule has 1 aliphatic carbocycles. The van der Waals surface area contributed by atoms with Crippen LogP contribution in [0.2, 0.25) is 0 Å². The van der Waals surface area contributed by atoms with Crippen LogP contribution in [0.15, 0.2) is 23.3 Å². The SMILES string of the molecule is COc1ccc(OC)c(CN(C(=O)C2=NN(C)C(=O)CC2)C2CC2)c1. The first-order valence-electron chi connectivity index (χ1n) is 8.39. The molecule has 0 radical (unpaired) electrons. The van der Waals surface area contributed by atoms with Crippen LogP contribution < -0.4 is 9.47 Å². The molecule has 1 heterocycles. The van der Waals surface area contributed by atoms with Gasteiger partial charge >= 0.3 is 0 Å². The predicted octanol–water partition coefficient (Wildman–Crippen LogP) is 1.80. The highest BCUT2D eigenvalue weighted by molar-refractivity contribution is 6.39. The van der Waals surface area contributed by atoms with Crippen molar-refractivity contribution in [1.82, 2.24) is 9.91 Å². The van der Waals surface area contributed by atoms with Crippen LogP contribution in [0.25, 0.3) is 0 Å². The lowest BCUT2D eigenvalue weighted by atomic mass is 10.1. The van der Waals surface area contributed by atoms with Gasteiger partial charge in [0.2, 0.25) is 5.91 Å². The lowest BCUT2D eigenvalue weighted by Crippen LogP contribution is -2.41. The molecule has 1 aromatic rings. The standard InChI is InChI=1S/C18H23N3O4/c1-20-17(22)9-7-15(19-20)18(23)21(13-4-5-13)11-12-10-14(24-2)6-8-16(12)25-3/h6,8,10,13H,4-5,7,9,11H2,1-3H3. The van der Waals surface area contributed by atoms with Crippen molar-refractivity contribution in [1.29, 1.82) is 0 Å². The minimum absolute atomic E-state index is 0.0658. The molecule has 3 rings (SSSR count). The van der Waals surface area contributed by atoms with Gasteiger partial charge in [-0.2, -0.15) is 5.10 Å². The van der Waals surface area contributed by atoms with E-state index in [1.807, 2.05) is 23.1 Å². The number of amides is 2. The molecular weight excluding hydrogens is 322 g/mol. The highest BCUT2D eigenvalue weighted by atomic mass is 16.5. The molecule has 7 nitrogen and oxygen atoms in total. The Hall–Kier alpha value is -2.57. The Bertz CT molecular complexity index is 712. The van der Waals surface area contributed by atoms with E-state index in [1.54, 1.807) is 21.3 Å². The normalized spacial score (nSPS) is 17.2. The molecule has 2 aliphatic rings. The number of benzene rings is 1. The third kappa shape index (κ3) is 3.75. The Balaban J connectivity index is 1.84. The zero-order chi connectivity index (χ0) is 18.0. The summed E-state index contributed by atoms with van der Waals surface area (Å²) >= 11 is 0. The van der Waals surface area contributed by atoms with Crippen LogP contribution in [0, 0.1) is 0 Å². The number of hydrogen-bond donors (Lipinski definition) is 0. The lowest BCUT2D eigenvalue weighted by molar-refractivity contribution is -0.130. The second-order valence-electron chi connectivity index (χ2n) is 6.31. The molecule has 0 spiro atoms. The van der Waals surface area contributed by atoms with Crippen molar-refractivity contribution in [3.8, 4) is 11.5 Å². The quantitative estimate of drug-likeness (QED) is 0.788. The molecule has 1 fully saturated rings. The van der Waals surface area contributed by atoms with Crippen LogP contribution in [0.5, 0.6) is 11.5 Å². The van der Waals surface area contributed by atoms with Crippen molar-refractivity contribution in [2.45, 2.75) is 38.3 Å². The van der Waals surface area contributed by atoms with Crippen molar-refractivity contribution < 1.29 is 19.1 Å². The Morgan fingerprint density at radius 3 is 2.64 bits per heavy atom. The minimum Gasteiger partial charge on any atom is -0.497 e. The van der Waals surface area contributed by atoms with Gasteiger partial charge in [0.1, 0.15) is 17.2 Å². The van der Waals surface area contributed by atoms with Crippen molar-refractivity contribution in [3.63, 3.8) is 0 Å². The van der Waals surface area contributed by atoms with Crippen molar-refractivity contribution in [2.75, 3.05) is 21.3 Å². The van der Waals surface area contributed by atoms with Gasteiger partial charge in [0.05, 0.1) is 20.8 Å². The minimum atomic E-state index is -0.105. The highest BCUT2D eigenvalue weighted by Gasteiger charge is 2.36. The van der Waals surface area contributed by atoms with E-state index in [4.69, 9.17) is 9.47 Å². The van der Waals surface area contributed by atoms with E-state index < -0.39 is 0 Å². The number of carbonyl (C=O) groups excluding carboxylic acids is 2. The zero-order valence-corrected chi connectivity index (χ0v) is 14.8. The fraction of sp³-hybridized carbons (Fsp3) is 0.500. The van der Waals surface area contributed by atoms with Gasteiger partial charge in [-0.25, -0.2) is 5.01 Å². The smallest absolute Gasteiger partial charge is 0.270 e. The summed E-state index contributed by atoms with van der Waals surface area (Å²) in [6.45, 7) is 0.431. The average molecular weight is 345 g/mol. The average Bonchev–Trinajstić information content (AvgIpc) is 3.46. The second-order valence-corrected chi connectivity index (χ2v) is 6.31. The summed E-state index contributed by atoms with van der Waals surface area (Å²) < 4.78 is 10.7. The van der Waals surface area contributed by atoms with Gasteiger partial charge < -0.3 is 14.4 Å². The fourth-order valence-corrected chi connectivity index (χ4v) is 2.93. The third-order valence-corrected chi connectivity index (χ3v) is 4.53. The molecule has 0 saturated heterocycles. The fourth-order valence-electron chi connectivity index (χ4n) is 2.93. The number of rotatable bonds is 6. The van der Waals surface area contributed by atoms with Crippen molar-refractivity contribution in [2.24, 2.45) is 5.10 Å². The molecule has 0 unspecified atom stereocenters. The molecule has 2 amide bonds. The molecule has 134 valence electrons. The van der Waals surface area contributed by atoms with Crippen LogP contribution in [0.3, 0.4) is 0 Å².